The molecule has 6 heteroatoms. The molecule has 1 N–H and O–H groups in total. The number of benzene rings is 2. The first-order chi connectivity index (χ1) is 12.8. The topological polar surface area (TPSA) is 49.4 Å². The van der Waals surface area contributed by atoms with Crippen molar-refractivity contribution in [1.29, 1.82) is 0 Å². The van der Waals surface area contributed by atoms with Crippen molar-refractivity contribution < 1.29 is 9.59 Å². The summed E-state index contributed by atoms with van der Waals surface area (Å²) in [4.78, 5) is 27.0. The van der Waals surface area contributed by atoms with Crippen LogP contribution in [0.2, 0.25) is 10.0 Å². The van der Waals surface area contributed by atoms with E-state index < -0.39 is 6.04 Å². The molecular weight excluding hydrogens is 383 g/mol. The van der Waals surface area contributed by atoms with Crippen molar-refractivity contribution >= 4 is 35.0 Å². The molecule has 1 atom stereocenters. The van der Waals surface area contributed by atoms with Crippen LogP contribution in [0.25, 0.3) is 0 Å². The molecule has 0 aromatic heterocycles. The number of carbonyl (C=O) groups is 2. The van der Waals surface area contributed by atoms with Gasteiger partial charge in [-0.25, -0.2) is 0 Å². The van der Waals surface area contributed by atoms with Crippen LogP contribution < -0.4 is 5.32 Å². The summed E-state index contributed by atoms with van der Waals surface area (Å²) in [5.41, 5.74) is 2.66. The van der Waals surface area contributed by atoms with Gasteiger partial charge in [0, 0.05) is 23.1 Å². The van der Waals surface area contributed by atoms with E-state index in [0.717, 1.165) is 11.1 Å². The van der Waals surface area contributed by atoms with E-state index in [0.29, 0.717) is 28.7 Å². The number of amides is 2. The van der Waals surface area contributed by atoms with E-state index in [2.05, 4.69) is 5.32 Å². The fraction of sp³-hybridized carbons (Fsp3) is 0.333. The van der Waals surface area contributed by atoms with Crippen molar-refractivity contribution in [3.63, 3.8) is 0 Å². The molecule has 0 saturated heterocycles. The number of rotatable bonds is 7. The lowest BCUT2D eigenvalue weighted by atomic mass is 10.1. The van der Waals surface area contributed by atoms with Crippen molar-refractivity contribution in [3.8, 4) is 0 Å². The molecule has 0 unspecified atom stereocenters. The standard InChI is InChI=1S/C21H24Cl2N2O2/c1-4-24-21(27)15(3)25(13-16-10-8-14(2)9-11-16)20(26)12-17-18(22)6-5-7-19(17)23/h5-11,15H,4,12-13H2,1-3H3,(H,24,27)/t15-/m0/s1. The van der Waals surface area contributed by atoms with Gasteiger partial charge < -0.3 is 10.2 Å². The van der Waals surface area contributed by atoms with Crippen LogP contribution in [0.1, 0.15) is 30.5 Å². The SMILES string of the molecule is CCNC(=O)[C@H](C)N(Cc1ccc(C)cc1)C(=O)Cc1c(Cl)cccc1Cl. The summed E-state index contributed by atoms with van der Waals surface area (Å²) in [6, 6.07) is 12.4. The van der Waals surface area contributed by atoms with Gasteiger partial charge in [0.1, 0.15) is 6.04 Å². The summed E-state index contributed by atoms with van der Waals surface area (Å²) in [6.07, 6.45) is 0.0358. The Morgan fingerprint density at radius 2 is 1.67 bits per heavy atom. The van der Waals surface area contributed by atoms with Crippen molar-refractivity contribution in [2.75, 3.05) is 6.54 Å². The van der Waals surface area contributed by atoms with Crippen molar-refractivity contribution in [2.45, 2.75) is 39.8 Å². The number of nitrogens with zero attached hydrogens (tertiary/aromatic N) is 1. The van der Waals surface area contributed by atoms with Crippen LogP contribution in [-0.4, -0.2) is 29.3 Å². The third-order valence-electron chi connectivity index (χ3n) is 4.38. The lowest BCUT2D eigenvalue weighted by Crippen LogP contribution is -2.48. The number of aryl methyl sites for hydroxylation is 1. The van der Waals surface area contributed by atoms with Gasteiger partial charge in [0.15, 0.2) is 0 Å². The number of likely N-dealkylation sites (N-methyl/N-ethyl adjacent to an activating group) is 1. The van der Waals surface area contributed by atoms with Gasteiger partial charge in [-0.2, -0.15) is 0 Å². The third-order valence-corrected chi connectivity index (χ3v) is 5.09. The molecule has 2 aromatic rings. The smallest absolute Gasteiger partial charge is 0.242 e. The van der Waals surface area contributed by atoms with Crippen LogP contribution in [0.15, 0.2) is 42.5 Å². The van der Waals surface area contributed by atoms with Crippen molar-refractivity contribution in [1.82, 2.24) is 10.2 Å². The number of carbonyl (C=O) groups excluding carboxylic acids is 2. The van der Waals surface area contributed by atoms with Gasteiger partial charge in [-0.05, 0) is 44.0 Å². The highest BCUT2D eigenvalue weighted by atomic mass is 35.5. The highest BCUT2D eigenvalue weighted by Crippen LogP contribution is 2.26. The summed E-state index contributed by atoms with van der Waals surface area (Å²) >= 11 is 12.4. The molecule has 2 rings (SSSR count). The van der Waals surface area contributed by atoms with E-state index in [-0.39, 0.29) is 18.2 Å². The quantitative estimate of drug-likeness (QED) is 0.740. The second-order valence-electron chi connectivity index (χ2n) is 6.45. The number of halogens is 2. The maximum absolute atomic E-state index is 13.1. The molecule has 4 nitrogen and oxygen atoms in total. The maximum atomic E-state index is 13.1. The lowest BCUT2D eigenvalue weighted by Gasteiger charge is -2.29. The minimum atomic E-state index is -0.611. The van der Waals surface area contributed by atoms with Crippen LogP contribution in [0, 0.1) is 6.92 Å². The molecule has 2 aromatic carbocycles. The predicted octanol–water partition coefficient (Wildman–Crippen LogP) is 4.40. The molecule has 0 saturated carbocycles. The zero-order valence-electron chi connectivity index (χ0n) is 15.8. The average molecular weight is 407 g/mol. The van der Waals surface area contributed by atoms with Gasteiger partial charge >= 0.3 is 0 Å². The largest absolute Gasteiger partial charge is 0.355 e. The van der Waals surface area contributed by atoms with E-state index >= 15 is 0 Å². The molecule has 0 aliphatic rings. The van der Waals surface area contributed by atoms with Crippen molar-refractivity contribution in [2.24, 2.45) is 0 Å². The fourth-order valence-electron chi connectivity index (χ4n) is 2.75. The average Bonchev–Trinajstić information content (AvgIpc) is 2.64. The van der Waals surface area contributed by atoms with E-state index in [4.69, 9.17) is 23.2 Å². The van der Waals surface area contributed by atoms with E-state index in [9.17, 15) is 9.59 Å². The third kappa shape index (κ3) is 5.72. The highest BCUT2D eigenvalue weighted by Gasteiger charge is 2.26. The molecule has 0 bridgehead atoms. The second-order valence-corrected chi connectivity index (χ2v) is 7.27. The van der Waals surface area contributed by atoms with Crippen LogP contribution in [0.4, 0.5) is 0 Å². The highest BCUT2D eigenvalue weighted by molar-refractivity contribution is 6.36. The molecule has 0 radical (unpaired) electrons. The molecule has 0 aliphatic carbocycles. The molecule has 0 spiro atoms. The van der Waals surface area contributed by atoms with Crippen LogP contribution >= 0.6 is 23.2 Å². The molecule has 0 fully saturated rings. The van der Waals surface area contributed by atoms with Gasteiger partial charge in [0.25, 0.3) is 0 Å². The Kier molecular flexibility index (Phi) is 7.69. The first-order valence-electron chi connectivity index (χ1n) is 8.89. The Bertz CT molecular complexity index is 786. The summed E-state index contributed by atoms with van der Waals surface area (Å²) < 4.78 is 0. The van der Waals surface area contributed by atoms with Gasteiger partial charge in [0.2, 0.25) is 11.8 Å². The van der Waals surface area contributed by atoms with E-state index in [1.807, 2.05) is 38.1 Å². The minimum Gasteiger partial charge on any atom is -0.355 e. The Balaban J connectivity index is 2.28. The minimum absolute atomic E-state index is 0.0358. The summed E-state index contributed by atoms with van der Waals surface area (Å²) in [5, 5.41) is 3.66. The monoisotopic (exact) mass is 406 g/mol. The molecule has 27 heavy (non-hydrogen) atoms. The fourth-order valence-corrected chi connectivity index (χ4v) is 3.28. The Morgan fingerprint density at radius 1 is 1.07 bits per heavy atom. The van der Waals surface area contributed by atoms with Gasteiger partial charge in [-0.1, -0.05) is 59.1 Å². The summed E-state index contributed by atoms with van der Waals surface area (Å²) in [5.74, 6) is -0.396. The first kappa shape index (κ1) is 21.3. The van der Waals surface area contributed by atoms with E-state index in [1.54, 1.807) is 30.0 Å². The first-order valence-corrected chi connectivity index (χ1v) is 9.64. The molecular formula is C21H24Cl2N2O2. The van der Waals surface area contributed by atoms with Gasteiger partial charge in [-0.15, -0.1) is 0 Å². The van der Waals surface area contributed by atoms with Gasteiger partial charge in [0.05, 0.1) is 6.42 Å². The predicted molar refractivity (Wildman–Crippen MR) is 110 cm³/mol. The second kappa shape index (κ2) is 9.77. The zero-order chi connectivity index (χ0) is 20.0. The Labute approximate surface area is 170 Å². The van der Waals surface area contributed by atoms with Gasteiger partial charge in [-0.3, -0.25) is 9.59 Å². The van der Waals surface area contributed by atoms with E-state index in [1.165, 1.54) is 0 Å². The molecule has 0 aliphatic heterocycles. The van der Waals surface area contributed by atoms with Crippen LogP contribution in [0.5, 0.6) is 0 Å². The normalized spacial score (nSPS) is 11.7. The Morgan fingerprint density at radius 3 is 2.22 bits per heavy atom. The summed E-state index contributed by atoms with van der Waals surface area (Å²) in [7, 11) is 0. The van der Waals surface area contributed by atoms with Crippen LogP contribution in [0.3, 0.4) is 0 Å². The number of hydrogen-bond donors (Lipinski definition) is 1. The number of hydrogen-bond acceptors (Lipinski definition) is 2. The maximum Gasteiger partial charge on any atom is 0.242 e. The van der Waals surface area contributed by atoms with Crippen molar-refractivity contribution in [3.05, 3.63) is 69.2 Å². The number of nitrogens with one attached hydrogen (secondary N) is 1. The molecule has 2 amide bonds. The van der Waals surface area contributed by atoms with Crippen LogP contribution in [-0.2, 0) is 22.6 Å². The molecule has 144 valence electrons. The Hall–Kier alpha value is -2.04. The summed E-state index contributed by atoms with van der Waals surface area (Å²) in [6.45, 7) is 6.42. The zero-order valence-corrected chi connectivity index (χ0v) is 17.3. The lowest BCUT2D eigenvalue weighted by molar-refractivity contribution is -0.140. The molecule has 0 heterocycles.